The van der Waals surface area contributed by atoms with Gasteiger partial charge in [0.15, 0.2) is 6.61 Å². The van der Waals surface area contributed by atoms with E-state index in [1.165, 1.54) is 12.1 Å². The number of piperazine rings is 1. The molecule has 2 aromatic carbocycles. The molecule has 3 rings (SSSR count). The van der Waals surface area contributed by atoms with Crippen molar-refractivity contribution in [1.29, 1.82) is 0 Å². The summed E-state index contributed by atoms with van der Waals surface area (Å²) in [5.41, 5.74) is 2.73. The largest absolute Gasteiger partial charge is 0.483 e. The van der Waals surface area contributed by atoms with Crippen LogP contribution in [-0.4, -0.2) is 68.6 Å². The summed E-state index contributed by atoms with van der Waals surface area (Å²) in [5, 5.41) is 0. The molecule has 0 bridgehead atoms. The van der Waals surface area contributed by atoms with Crippen molar-refractivity contribution in [3.05, 3.63) is 65.0 Å². The van der Waals surface area contributed by atoms with Gasteiger partial charge < -0.3 is 9.64 Å². The molecule has 0 saturated carbocycles. The molecule has 0 unspecified atom stereocenters. The Labute approximate surface area is 206 Å². The lowest BCUT2D eigenvalue weighted by Gasteiger charge is -2.39. The number of ether oxygens (including phenoxy) is 1. The van der Waals surface area contributed by atoms with E-state index in [1.54, 1.807) is 23.1 Å². The van der Waals surface area contributed by atoms with Gasteiger partial charge in [0.25, 0.3) is 5.91 Å². The Morgan fingerprint density at radius 2 is 1.86 bits per heavy atom. The van der Waals surface area contributed by atoms with Gasteiger partial charge in [-0.25, -0.2) is 12.8 Å². The number of halogens is 1. The first-order valence-electron chi connectivity index (χ1n) is 11.5. The molecule has 35 heavy (non-hydrogen) atoms. The van der Waals surface area contributed by atoms with E-state index < -0.39 is 15.9 Å². The van der Waals surface area contributed by atoms with E-state index in [2.05, 4.69) is 4.90 Å². The molecule has 2 amide bonds. The minimum absolute atomic E-state index is 0.00234. The maximum absolute atomic E-state index is 13.1. The maximum Gasteiger partial charge on any atom is 0.260 e. The number of amides is 2. The molecule has 1 heterocycles. The first-order chi connectivity index (χ1) is 16.5. The highest BCUT2D eigenvalue weighted by Crippen LogP contribution is 2.22. The van der Waals surface area contributed by atoms with Crippen LogP contribution >= 0.6 is 0 Å². The van der Waals surface area contributed by atoms with Crippen molar-refractivity contribution < 1.29 is 27.1 Å². The summed E-state index contributed by atoms with van der Waals surface area (Å²) < 4.78 is 43.4. The molecule has 1 saturated heterocycles. The topological polar surface area (TPSA) is 96.0 Å². The third-order valence-electron chi connectivity index (χ3n) is 5.84. The van der Waals surface area contributed by atoms with E-state index >= 15 is 0 Å². The number of hydrogen-bond donors (Lipinski definition) is 1. The van der Waals surface area contributed by atoms with Crippen LogP contribution in [0, 0.1) is 12.7 Å². The van der Waals surface area contributed by atoms with Crippen molar-refractivity contribution in [3.8, 4) is 5.75 Å². The number of rotatable bonds is 9. The molecule has 1 aliphatic heterocycles. The van der Waals surface area contributed by atoms with Gasteiger partial charge in [-0.15, -0.1) is 0 Å². The first-order valence-corrected chi connectivity index (χ1v) is 13.4. The molecule has 8 nitrogen and oxygen atoms in total. The zero-order valence-corrected chi connectivity index (χ0v) is 21.1. The number of benzene rings is 2. The zero-order valence-electron chi connectivity index (χ0n) is 20.3. The Balaban J connectivity index is 1.53. The average molecular weight is 506 g/mol. The average Bonchev–Trinajstić information content (AvgIpc) is 2.77. The predicted molar refractivity (Wildman–Crippen MR) is 131 cm³/mol. The second-order valence-corrected chi connectivity index (χ2v) is 10.7. The Morgan fingerprint density at radius 3 is 2.51 bits per heavy atom. The summed E-state index contributed by atoms with van der Waals surface area (Å²) in [6.07, 6.45) is 1.19. The summed E-state index contributed by atoms with van der Waals surface area (Å²) in [6, 6.07) is 11.9. The van der Waals surface area contributed by atoms with Crippen LogP contribution in [0.3, 0.4) is 0 Å². The molecule has 0 aliphatic carbocycles. The minimum Gasteiger partial charge on any atom is -0.483 e. The molecule has 0 aromatic heterocycles. The van der Waals surface area contributed by atoms with Crippen molar-refractivity contribution >= 4 is 21.8 Å². The Bertz CT molecular complexity index is 1150. The van der Waals surface area contributed by atoms with E-state index in [1.807, 2.05) is 30.7 Å². The fourth-order valence-electron chi connectivity index (χ4n) is 4.17. The van der Waals surface area contributed by atoms with E-state index in [4.69, 9.17) is 4.74 Å². The van der Waals surface area contributed by atoms with Crippen LogP contribution in [0.1, 0.15) is 30.0 Å². The standard InChI is InChI=1S/C25H32FN3O5S/c1-18-4-10-23(21(14-18)7-11-24(30)27-35(3,32)33)34-17-25(31)29-13-12-28(15-19(29)2)16-20-5-8-22(26)9-6-20/h4-6,8-10,14,19H,7,11-13,15-17H2,1-3H3,(H,27,30)/t19-/m1/s1. The second kappa shape index (κ2) is 11.6. The molecular formula is C25H32FN3O5S. The first kappa shape index (κ1) is 26.6. The summed E-state index contributed by atoms with van der Waals surface area (Å²) in [5.74, 6) is -0.478. The molecule has 1 atom stereocenters. The summed E-state index contributed by atoms with van der Waals surface area (Å²) in [7, 11) is -3.61. The Hall–Kier alpha value is -2.98. The van der Waals surface area contributed by atoms with E-state index in [0.29, 0.717) is 31.9 Å². The summed E-state index contributed by atoms with van der Waals surface area (Å²) >= 11 is 0. The van der Waals surface area contributed by atoms with Crippen LogP contribution in [0.15, 0.2) is 42.5 Å². The van der Waals surface area contributed by atoms with Gasteiger partial charge in [-0.2, -0.15) is 0 Å². The fourth-order valence-corrected chi connectivity index (χ4v) is 4.68. The molecular weight excluding hydrogens is 473 g/mol. The van der Waals surface area contributed by atoms with Crippen LogP contribution in [0.2, 0.25) is 0 Å². The number of carbonyl (C=O) groups excluding carboxylic acids is 2. The van der Waals surface area contributed by atoms with E-state index in [0.717, 1.165) is 22.9 Å². The second-order valence-electron chi connectivity index (χ2n) is 8.99. The van der Waals surface area contributed by atoms with Crippen LogP contribution in [0.25, 0.3) is 0 Å². The van der Waals surface area contributed by atoms with Gasteiger partial charge in [0.1, 0.15) is 11.6 Å². The van der Waals surface area contributed by atoms with Gasteiger partial charge in [-0.1, -0.05) is 29.8 Å². The molecule has 0 radical (unpaired) electrons. The van der Waals surface area contributed by atoms with E-state index in [-0.39, 0.29) is 37.2 Å². The molecule has 1 aliphatic rings. The van der Waals surface area contributed by atoms with Crippen LogP contribution in [0.4, 0.5) is 4.39 Å². The fraction of sp³-hybridized carbons (Fsp3) is 0.440. The normalized spacial score (nSPS) is 16.7. The molecule has 2 aromatic rings. The highest BCUT2D eigenvalue weighted by atomic mass is 32.2. The third-order valence-corrected chi connectivity index (χ3v) is 6.44. The van der Waals surface area contributed by atoms with Crippen molar-refractivity contribution in [3.63, 3.8) is 0 Å². The van der Waals surface area contributed by atoms with Gasteiger partial charge in [0, 0.05) is 38.6 Å². The minimum atomic E-state index is -3.61. The molecule has 10 heteroatoms. The molecule has 1 N–H and O–H groups in total. The SMILES string of the molecule is Cc1ccc(OCC(=O)N2CCN(Cc3ccc(F)cc3)C[C@H]2C)c(CCC(=O)NS(C)(=O)=O)c1. The number of nitrogens with one attached hydrogen (secondary N) is 1. The number of hydrogen-bond acceptors (Lipinski definition) is 6. The maximum atomic E-state index is 13.1. The zero-order chi connectivity index (χ0) is 25.6. The number of sulfonamides is 1. The van der Waals surface area contributed by atoms with Crippen molar-refractivity contribution in [1.82, 2.24) is 14.5 Å². The predicted octanol–water partition coefficient (Wildman–Crippen LogP) is 2.25. The Morgan fingerprint density at radius 1 is 1.14 bits per heavy atom. The van der Waals surface area contributed by atoms with Gasteiger partial charge in [0.05, 0.1) is 6.26 Å². The van der Waals surface area contributed by atoms with Gasteiger partial charge >= 0.3 is 0 Å². The summed E-state index contributed by atoms with van der Waals surface area (Å²) in [4.78, 5) is 28.8. The van der Waals surface area contributed by atoms with Crippen LogP contribution in [-0.2, 0) is 32.6 Å². The molecule has 1 fully saturated rings. The number of carbonyl (C=O) groups is 2. The van der Waals surface area contributed by atoms with Crippen LogP contribution < -0.4 is 9.46 Å². The lowest BCUT2D eigenvalue weighted by atomic mass is 10.1. The monoisotopic (exact) mass is 505 g/mol. The number of aryl methyl sites for hydroxylation is 2. The van der Waals surface area contributed by atoms with Crippen LogP contribution in [0.5, 0.6) is 5.75 Å². The molecule has 0 spiro atoms. The van der Waals surface area contributed by atoms with Crippen molar-refractivity contribution in [2.75, 3.05) is 32.5 Å². The lowest BCUT2D eigenvalue weighted by molar-refractivity contribution is -0.138. The quantitative estimate of drug-likeness (QED) is 0.562. The third kappa shape index (κ3) is 8.32. The highest BCUT2D eigenvalue weighted by Gasteiger charge is 2.27. The van der Waals surface area contributed by atoms with Gasteiger partial charge in [0.2, 0.25) is 15.9 Å². The smallest absolute Gasteiger partial charge is 0.260 e. The summed E-state index contributed by atoms with van der Waals surface area (Å²) in [6.45, 7) is 6.44. The Kier molecular flexibility index (Phi) is 8.85. The lowest BCUT2D eigenvalue weighted by Crippen LogP contribution is -2.54. The molecule has 190 valence electrons. The van der Waals surface area contributed by atoms with Gasteiger partial charge in [-0.3, -0.25) is 19.2 Å². The van der Waals surface area contributed by atoms with E-state index in [9.17, 15) is 22.4 Å². The van der Waals surface area contributed by atoms with Crippen molar-refractivity contribution in [2.24, 2.45) is 0 Å². The highest BCUT2D eigenvalue weighted by molar-refractivity contribution is 7.89. The van der Waals surface area contributed by atoms with Crippen molar-refractivity contribution in [2.45, 2.75) is 39.3 Å². The van der Waals surface area contributed by atoms with Gasteiger partial charge in [-0.05, 0) is 49.6 Å². The number of nitrogens with zero attached hydrogens (tertiary/aromatic N) is 2.